The SMILES string of the molecule is CCCCCC(C)NCCOC1CCC(C)(C)CC1. The van der Waals surface area contributed by atoms with Crippen molar-refractivity contribution in [2.45, 2.75) is 91.2 Å². The van der Waals surface area contributed by atoms with Gasteiger partial charge in [0.2, 0.25) is 0 Å². The van der Waals surface area contributed by atoms with Crippen LogP contribution in [0.3, 0.4) is 0 Å². The molecule has 0 aromatic heterocycles. The van der Waals surface area contributed by atoms with Gasteiger partial charge in [0.25, 0.3) is 0 Å². The molecule has 0 aromatic rings. The van der Waals surface area contributed by atoms with Gasteiger partial charge in [0.15, 0.2) is 0 Å². The van der Waals surface area contributed by atoms with E-state index in [-0.39, 0.29) is 0 Å². The van der Waals surface area contributed by atoms with E-state index in [1.807, 2.05) is 0 Å². The highest BCUT2D eigenvalue weighted by atomic mass is 16.5. The molecule has 1 aliphatic rings. The maximum absolute atomic E-state index is 5.99. The van der Waals surface area contributed by atoms with Crippen LogP contribution in [-0.4, -0.2) is 25.3 Å². The predicted octanol–water partition coefficient (Wildman–Crippen LogP) is 4.53. The molecule has 1 fully saturated rings. The Hall–Kier alpha value is -0.0800. The van der Waals surface area contributed by atoms with Crippen LogP contribution in [0.4, 0.5) is 0 Å². The Morgan fingerprint density at radius 2 is 1.89 bits per heavy atom. The second-order valence-corrected chi connectivity index (χ2v) is 7.09. The highest BCUT2D eigenvalue weighted by molar-refractivity contribution is 4.78. The highest BCUT2D eigenvalue weighted by Crippen LogP contribution is 2.35. The third-order valence-corrected chi connectivity index (χ3v) is 4.48. The lowest BCUT2D eigenvalue weighted by Gasteiger charge is -2.34. The molecule has 0 spiro atoms. The van der Waals surface area contributed by atoms with Gasteiger partial charge in [-0.3, -0.25) is 0 Å². The van der Waals surface area contributed by atoms with Gasteiger partial charge in [-0.2, -0.15) is 0 Å². The van der Waals surface area contributed by atoms with E-state index in [4.69, 9.17) is 4.74 Å². The molecule has 0 aromatic carbocycles. The Morgan fingerprint density at radius 3 is 2.53 bits per heavy atom. The Balaban J connectivity index is 1.96. The smallest absolute Gasteiger partial charge is 0.0594 e. The first-order chi connectivity index (χ1) is 9.03. The number of nitrogens with one attached hydrogen (secondary N) is 1. The molecular weight excluding hydrogens is 234 g/mol. The van der Waals surface area contributed by atoms with Crippen LogP contribution in [0.1, 0.15) is 79.1 Å². The molecule has 0 saturated heterocycles. The van der Waals surface area contributed by atoms with E-state index in [1.54, 1.807) is 0 Å². The van der Waals surface area contributed by atoms with Crippen molar-refractivity contribution in [2.24, 2.45) is 5.41 Å². The summed E-state index contributed by atoms with van der Waals surface area (Å²) < 4.78 is 5.99. The van der Waals surface area contributed by atoms with Crippen molar-refractivity contribution in [3.8, 4) is 0 Å². The van der Waals surface area contributed by atoms with E-state index in [9.17, 15) is 0 Å². The van der Waals surface area contributed by atoms with Crippen LogP contribution in [-0.2, 0) is 4.74 Å². The number of unbranched alkanes of at least 4 members (excludes halogenated alkanes) is 2. The molecule has 19 heavy (non-hydrogen) atoms. The van der Waals surface area contributed by atoms with E-state index in [1.165, 1.54) is 51.4 Å². The Kier molecular flexibility index (Phi) is 8.01. The van der Waals surface area contributed by atoms with Gasteiger partial charge in [-0.25, -0.2) is 0 Å². The van der Waals surface area contributed by atoms with Crippen LogP contribution >= 0.6 is 0 Å². The summed E-state index contributed by atoms with van der Waals surface area (Å²) in [5.74, 6) is 0. The molecule has 1 aliphatic carbocycles. The maximum atomic E-state index is 5.99. The summed E-state index contributed by atoms with van der Waals surface area (Å²) in [5.41, 5.74) is 0.548. The molecule has 1 N–H and O–H groups in total. The van der Waals surface area contributed by atoms with Gasteiger partial charge in [-0.15, -0.1) is 0 Å². The lowest BCUT2D eigenvalue weighted by Crippen LogP contribution is -2.32. The third-order valence-electron chi connectivity index (χ3n) is 4.48. The van der Waals surface area contributed by atoms with E-state index in [2.05, 4.69) is 33.0 Å². The molecule has 1 rings (SSSR count). The Labute approximate surface area is 120 Å². The highest BCUT2D eigenvalue weighted by Gasteiger charge is 2.26. The fourth-order valence-electron chi connectivity index (χ4n) is 2.87. The van der Waals surface area contributed by atoms with E-state index < -0.39 is 0 Å². The summed E-state index contributed by atoms with van der Waals surface area (Å²) >= 11 is 0. The largest absolute Gasteiger partial charge is 0.377 e. The quantitative estimate of drug-likeness (QED) is 0.621. The average molecular weight is 269 g/mol. The molecule has 114 valence electrons. The number of rotatable bonds is 9. The lowest BCUT2D eigenvalue weighted by molar-refractivity contribution is 0.00538. The minimum atomic E-state index is 0.519. The van der Waals surface area contributed by atoms with Crippen molar-refractivity contribution in [1.29, 1.82) is 0 Å². The molecule has 0 radical (unpaired) electrons. The minimum absolute atomic E-state index is 0.519. The Bertz CT molecular complexity index is 217. The zero-order valence-electron chi connectivity index (χ0n) is 13.6. The zero-order chi connectivity index (χ0) is 14.1. The summed E-state index contributed by atoms with van der Waals surface area (Å²) in [5, 5.41) is 3.57. The van der Waals surface area contributed by atoms with Crippen LogP contribution in [0.15, 0.2) is 0 Å². The molecule has 2 nitrogen and oxygen atoms in total. The fourth-order valence-corrected chi connectivity index (χ4v) is 2.87. The molecule has 1 saturated carbocycles. The third kappa shape index (κ3) is 7.94. The summed E-state index contributed by atoms with van der Waals surface area (Å²) in [7, 11) is 0. The molecule has 0 heterocycles. The molecule has 1 unspecified atom stereocenters. The van der Waals surface area contributed by atoms with Crippen molar-refractivity contribution in [3.05, 3.63) is 0 Å². The summed E-state index contributed by atoms with van der Waals surface area (Å²) in [6.45, 7) is 11.2. The van der Waals surface area contributed by atoms with Crippen LogP contribution in [0.25, 0.3) is 0 Å². The van der Waals surface area contributed by atoms with E-state index in [0.29, 0.717) is 17.6 Å². The monoisotopic (exact) mass is 269 g/mol. The second-order valence-electron chi connectivity index (χ2n) is 7.09. The van der Waals surface area contributed by atoms with E-state index >= 15 is 0 Å². The van der Waals surface area contributed by atoms with Gasteiger partial charge in [-0.05, 0) is 44.4 Å². The number of ether oxygens (including phenoxy) is 1. The van der Waals surface area contributed by atoms with E-state index in [0.717, 1.165) is 13.2 Å². The predicted molar refractivity (Wildman–Crippen MR) is 83.6 cm³/mol. The molecule has 1 atom stereocenters. The fraction of sp³-hybridized carbons (Fsp3) is 1.00. The van der Waals surface area contributed by atoms with Crippen molar-refractivity contribution in [2.75, 3.05) is 13.2 Å². The van der Waals surface area contributed by atoms with Crippen molar-refractivity contribution >= 4 is 0 Å². The topological polar surface area (TPSA) is 21.3 Å². The molecule has 0 bridgehead atoms. The normalized spacial score (nSPS) is 21.5. The first-order valence-electron chi connectivity index (χ1n) is 8.38. The summed E-state index contributed by atoms with van der Waals surface area (Å²) in [6.07, 6.45) is 11.0. The second kappa shape index (κ2) is 8.97. The van der Waals surface area contributed by atoms with Gasteiger partial charge in [0, 0.05) is 12.6 Å². The van der Waals surface area contributed by atoms with Gasteiger partial charge >= 0.3 is 0 Å². The standard InChI is InChI=1S/C17H35NO/c1-5-6-7-8-15(2)18-13-14-19-16-9-11-17(3,4)12-10-16/h15-16,18H,5-14H2,1-4H3. The van der Waals surface area contributed by atoms with Gasteiger partial charge in [-0.1, -0.05) is 40.0 Å². The van der Waals surface area contributed by atoms with Crippen molar-refractivity contribution in [3.63, 3.8) is 0 Å². The van der Waals surface area contributed by atoms with Crippen LogP contribution < -0.4 is 5.32 Å². The summed E-state index contributed by atoms with van der Waals surface area (Å²) in [4.78, 5) is 0. The first-order valence-corrected chi connectivity index (χ1v) is 8.38. The van der Waals surface area contributed by atoms with Gasteiger partial charge in [0.1, 0.15) is 0 Å². The van der Waals surface area contributed by atoms with Crippen LogP contribution in [0.2, 0.25) is 0 Å². The lowest BCUT2D eigenvalue weighted by atomic mass is 9.76. The number of hydrogen-bond acceptors (Lipinski definition) is 2. The van der Waals surface area contributed by atoms with Gasteiger partial charge in [0.05, 0.1) is 12.7 Å². The van der Waals surface area contributed by atoms with Gasteiger partial charge < -0.3 is 10.1 Å². The molecule has 2 heteroatoms. The van der Waals surface area contributed by atoms with Crippen LogP contribution in [0.5, 0.6) is 0 Å². The first kappa shape index (κ1) is 17.0. The van der Waals surface area contributed by atoms with Crippen molar-refractivity contribution in [1.82, 2.24) is 5.32 Å². The van der Waals surface area contributed by atoms with Crippen LogP contribution in [0, 0.1) is 5.41 Å². The maximum Gasteiger partial charge on any atom is 0.0594 e. The zero-order valence-corrected chi connectivity index (χ0v) is 13.6. The summed E-state index contributed by atoms with van der Waals surface area (Å²) in [6, 6.07) is 0.639. The molecule has 0 aliphatic heterocycles. The minimum Gasteiger partial charge on any atom is -0.377 e. The average Bonchev–Trinajstić information content (AvgIpc) is 2.36. The van der Waals surface area contributed by atoms with Crippen molar-refractivity contribution < 1.29 is 4.74 Å². The Morgan fingerprint density at radius 1 is 1.21 bits per heavy atom. The molecular formula is C17H35NO. The number of hydrogen-bond donors (Lipinski definition) is 1. The molecule has 0 amide bonds.